The van der Waals surface area contributed by atoms with Crippen molar-refractivity contribution >= 4 is 61.0 Å². The van der Waals surface area contributed by atoms with Gasteiger partial charge in [0.05, 0.1) is 0 Å². The summed E-state index contributed by atoms with van der Waals surface area (Å²) >= 11 is 4.53. The van der Waals surface area contributed by atoms with E-state index in [4.69, 9.17) is 10.5 Å². The zero-order valence-electron chi connectivity index (χ0n) is 23.9. The molecule has 0 radical (unpaired) electrons. The Bertz CT molecular complexity index is 1400. The number of guanidine groups is 2. The molecule has 0 bridgehead atoms. The van der Waals surface area contributed by atoms with E-state index in [0.29, 0.717) is 18.5 Å². The smallest absolute Gasteiger partial charge is 0.370 e. The fraction of sp³-hybridized carbons (Fsp3) is 0.212. The van der Waals surface area contributed by atoms with E-state index < -0.39 is 5.31 Å². The summed E-state index contributed by atoms with van der Waals surface area (Å²) in [5, 5.41) is 4.11. The fourth-order valence-corrected chi connectivity index (χ4v) is 13.1. The van der Waals surface area contributed by atoms with Crippen molar-refractivity contribution in [1.29, 1.82) is 0 Å². The van der Waals surface area contributed by atoms with Crippen LogP contribution in [0.5, 0.6) is 5.75 Å². The summed E-state index contributed by atoms with van der Waals surface area (Å²) in [6, 6.07) is 40.8. The molecular formula is C33H38BrClN5OP. The summed E-state index contributed by atoms with van der Waals surface area (Å²) < 4.78 is 6.18. The van der Waals surface area contributed by atoms with Crippen LogP contribution in [-0.4, -0.2) is 43.7 Å². The first-order valence-corrected chi connectivity index (χ1v) is 18.3. The molecule has 1 aliphatic heterocycles. The summed E-state index contributed by atoms with van der Waals surface area (Å²) in [5.41, 5.74) is 6.94. The minimum atomic E-state index is -2.90. The zero-order valence-corrected chi connectivity index (χ0v) is 27.2. The number of hydrogen-bond donors (Lipinski definition) is 2. The van der Waals surface area contributed by atoms with Gasteiger partial charge in [-0.05, 0) is 0 Å². The van der Waals surface area contributed by atoms with Gasteiger partial charge in [-0.3, -0.25) is 5.32 Å². The first-order chi connectivity index (χ1) is 19.9. The van der Waals surface area contributed by atoms with Crippen LogP contribution in [0.1, 0.15) is 24.6 Å². The molecule has 0 aliphatic carbocycles. The Morgan fingerprint density at radius 1 is 0.762 bits per heavy atom. The average molecular weight is 667 g/mol. The molecular weight excluding hydrogens is 629 g/mol. The van der Waals surface area contributed by atoms with Crippen molar-refractivity contribution in [2.45, 2.75) is 19.0 Å². The number of halogens is 2. The van der Waals surface area contributed by atoms with Gasteiger partial charge in [0.1, 0.15) is 0 Å². The van der Waals surface area contributed by atoms with Gasteiger partial charge in [-0.1, -0.05) is 0 Å². The van der Waals surface area contributed by atoms with E-state index in [1.165, 1.54) is 15.9 Å². The number of aliphatic imine (C=N–C) groups is 2. The third-order valence-corrected chi connectivity index (χ3v) is 17.5. The maximum atomic E-state index is 6.18. The zero-order chi connectivity index (χ0) is 28.7. The molecule has 1 atom stereocenters. The van der Waals surface area contributed by atoms with Crippen molar-refractivity contribution in [2.24, 2.45) is 15.7 Å². The molecule has 0 aromatic heterocycles. The number of rotatable bonds is 10. The van der Waals surface area contributed by atoms with Gasteiger partial charge in [-0.2, -0.15) is 0 Å². The van der Waals surface area contributed by atoms with E-state index in [1.807, 2.05) is 43.3 Å². The number of hydrogen-bond acceptors (Lipinski definition) is 6. The van der Waals surface area contributed by atoms with Crippen molar-refractivity contribution < 1.29 is 4.74 Å². The molecule has 0 saturated heterocycles. The molecule has 0 amide bonds. The number of ether oxygens (including phenoxy) is 1. The Hall–Kier alpha value is -3.38. The van der Waals surface area contributed by atoms with Crippen LogP contribution in [0.3, 0.4) is 0 Å². The molecule has 1 aliphatic rings. The van der Waals surface area contributed by atoms with Gasteiger partial charge in [0.2, 0.25) is 0 Å². The summed E-state index contributed by atoms with van der Waals surface area (Å²) in [6.45, 7) is 0.637. The number of nitrogens with one attached hydrogen (secondary N) is 1. The molecule has 42 heavy (non-hydrogen) atoms. The van der Waals surface area contributed by atoms with Crippen LogP contribution in [0, 0.1) is 0 Å². The average Bonchev–Trinajstić information content (AvgIpc) is 3.02. The molecule has 220 valence electrons. The Kier molecular flexibility index (Phi) is 10.3. The van der Waals surface area contributed by atoms with Crippen molar-refractivity contribution in [3.05, 3.63) is 121 Å². The molecule has 0 fully saturated rings. The topological polar surface area (TPSA) is 75.2 Å². The van der Waals surface area contributed by atoms with Crippen molar-refractivity contribution in [3.8, 4) is 5.75 Å². The van der Waals surface area contributed by atoms with E-state index in [0.717, 1.165) is 30.3 Å². The normalized spacial score (nSPS) is 15.6. The summed E-state index contributed by atoms with van der Waals surface area (Å²) in [4.78, 5) is 11.0. The van der Waals surface area contributed by atoms with Gasteiger partial charge in [-0.25, -0.2) is 0 Å². The molecule has 6 nitrogen and oxygen atoms in total. The molecule has 0 saturated carbocycles. The van der Waals surface area contributed by atoms with Gasteiger partial charge < -0.3 is 10.6 Å². The number of nitrogens with zero attached hydrogens (tertiary/aromatic N) is 3. The number of benzene rings is 4. The van der Waals surface area contributed by atoms with Crippen LogP contribution in [-0.2, 0) is 0 Å². The second kappa shape index (κ2) is 13.7. The van der Waals surface area contributed by atoms with Crippen LogP contribution in [0.2, 0.25) is 0 Å². The maximum absolute atomic E-state index is 6.18. The second-order valence-electron chi connectivity index (χ2n) is 10.4. The molecule has 1 heterocycles. The molecule has 4 aromatic rings. The summed E-state index contributed by atoms with van der Waals surface area (Å²) in [5.74, 6) is 1.88. The van der Waals surface area contributed by atoms with Gasteiger partial charge >= 0.3 is 222 Å². The summed E-state index contributed by atoms with van der Waals surface area (Å²) in [6.07, 6.45) is 2.56. The number of nitrogens with two attached hydrogens (primary N) is 1. The minimum absolute atomic E-state index is 0. The molecule has 3 N–H and O–H groups in total. The van der Waals surface area contributed by atoms with Crippen LogP contribution in [0.4, 0.5) is 0 Å². The predicted octanol–water partition coefficient (Wildman–Crippen LogP) is 5.94. The van der Waals surface area contributed by atoms with Crippen LogP contribution >= 0.6 is 33.2 Å². The molecule has 0 spiro atoms. The standard InChI is InChI=1S/C33H37BrN5OP.ClH/c1-39(2)33-37-31(36-32(35)38-33)26-20-22-27(23-21-26)40-24-12-13-25-41(34,28-14-6-3-7-15-28,29-16-8-4-9-17-29)30-18-10-5-11-19-30;/h3-11,14-23,31H,12-13,24-25H2,1-2H3,(H3,35,36,37,38);1H. The van der Waals surface area contributed by atoms with Crippen LogP contribution in [0.15, 0.2) is 125 Å². The SMILES string of the molecule is CN(C)C1=NC(c2ccc(OCCCCP(Br)(c3ccccc3)(c3ccccc3)c3ccccc3)cc2)N=C(N)N1.Cl. The fourth-order valence-electron chi connectivity index (χ4n) is 5.32. The quantitative estimate of drug-likeness (QED) is 0.162. The van der Waals surface area contributed by atoms with E-state index in [-0.39, 0.29) is 18.6 Å². The van der Waals surface area contributed by atoms with Crippen LogP contribution < -0.4 is 31.7 Å². The second-order valence-corrected chi connectivity index (χ2v) is 19.5. The minimum Gasteiger partial charge on any atom is -0.370 e. The van der Waals surface area contributed by atoms with E-state index in [9.17, 15) is 0 Å². The van der Waals surface area contributed by atoms with Crippen molar-refractivity contribution in [2.75, 3.05) is 26.9 Å². The molecule has 9 heteroatoms. The van der Waals surface area contributed by atoms with Gasteiger partial charge in [0.15, 0.2) is 0 Å². The molecule has 4 aromatic carbocycles. The number of unbranched alkanes of at least 4 members (excludes halogenated alkanes) is 1. The van der Waals surface area contributed by atoms with Crippen molar-refractivity contribution in [3.63, 3.8) is 0 Å². The van der Waals surface area contributed by atoms with Gasteiger partial charge in [-0.15, -0.1) is 12.4 Å². The van der Waals surface area contributed by atoms with E-state index in [1.54, 1.807) is 0 Å². The van der Waals surface area contributed by atoms with E-state index in [2.05, 4.69) is 122 Å². The first-order valence-electron chi connectivity index (χ1n) is 13.9. The van der Waals surface area contributed by atoms with Gasteiger partial charge in [0.25, 0.3) is 0 Å². The first kappa shape index (κ1) is 31.6. The Morgan fingerprint density at radius 2 is 1.26 bits per heavy atom. The Balaban J connectivity index is 0.00000405. The van der Waals surface area contributed by atoms with Gasteiger partial charge in [0, 0.05) is 14.1 Å². The Morgan fingerprint density at radius 3 is 1.74 bits per heavy atom. The predicted molar refractivity (Wildman–Crippen MR) is 186 cm³/mol. The molecule has 5 rings (SSSR count). The summed E-state index contributed by atoms with van der Waals surface area (Å²) in [7, 11) is 3.84. The van der Waals surface area contributed by atoms with Crippen molar-refractivity contribution in [1.82, 2.24) is 10.2 Å². The monoisotopic (exact) mass is 665 g/mol. The third-order valence-electron chi connectivity index (χ3n) is 7.47. The van der Waals surface area contributed by atoms with Crippen LogP contribution in [0.25, 0.3) is 0 Å². The third kappa shape index (κ3) is 6.49. The van der Waals surface area contributed by atoms with E-state index >= 15 is 0 Å². The molecule has 1 unspecified atom stereocenters. The Labute approximate surface area is 263 Å².